The SMILES string of the molecule is CNc1nc([C@H]2CC[C@@H](C(F)(F)F)CC2)c(-c2ccc(Cl)cc2)c(=O)[nH]1. The summed E-state index contributed by atoms with van der Waals surface area (Å²) in [4.78, 5) is 19.8. The van der Waals surface area contributed by atoms with Gasteiger partial charge in [-0.15, -0.1) is 0 Å². The lowest BCUT2D eigenvalue weighted by molar-refractivity contribution is -0.182. The number of nitrogens with zero attached hydrogens (tertiary/aromatic N) is 1. The Kier molecular flexibility index (Phi) is 5.27. The van der Waals surface area contributed by atoms with E-state index in [4.69, 9.17) is 11.6 Å². The maximum Gasteiger partial charge on any atom is 0.391 e. The van der Waals surface area contributed by atoms with Crippen LogP contribution in [0.15, 0.2) is 29.1 Å². The van der Waals surface area contributed by atoms with Gasteiger partial charge >= 0.3 is 6.18 Å². The van der Waals surface area contributed by atoms with E-state index in [1.54, 1.807) is 31.3 Å². The summed E-state index contributed by atoms with van der Waals surface area (Å²) in [5.74, 6) is -1.15. The summed E-state index contributed by atoms with van der Waals surface area (Å²) in [6.45, 7) is 0. The molecule has 1 aromatic heterocycles. The van der Waals surface area contributed by atoms with Crippen molar-refractivity contribution in [2.24, 2.45) is 5.92 Å². The first-order chi connectivity index (χ1) is 12.3. The molecule has 0 aliphatic heterocycles. The third kappa shape index (κ3) is 3.87. The first-order valence-electron chi connectivity index (χ1n) is 8.44. The maximum absolute atomic E-state index is 12.9. The molecule has 1 aromatic carbocycles. The van der Waals surface area contributed by atoms with Crippen molar-refractivity contribution in [3.8, 4) is 11.1 Å². The van der Waals surface area contributed by atoms with Crippen LogP contribution in [-0.2, 0) is 0 Å². The molecule has 8 heteroatoms. The molecule has 1 fully saturated rings. The predicted molar refractivity (Wildman–Crippen MR) is 95.6 cm³/mol. The van der Waals surface area contributed by atoms with Gasteiger partial charge in [0, 0.05) is 18.0 Å². The van der Waals surface area contributed by atoms with Gasteiger partial charge in [0.25, 0.3) is 5.56 Å². The highest BCUT2D eigenvalue weighted by molar-refractivity contribution is 6.30. The Morgan fingerprint density at radius 3 is 2.31 bits per heavy atom. The lowest BCUT2D eigenvalue weighted by Crippen LogP contribution is -2.28. The van der Waals surface area contributed by atoms with Gasteiger partial charge in [-0.05, 0) is 43.4 Å². The van der Waals surface area contributed by atoms with Gasteiger partial charge in [-0.2, -0.15) is 13.2 Å². The summed E-state index contributed by atoms with van der Waals surface area (Å²) in [5, 5.41) is 3.34. The zero-order valence-electron chi connectivity index (χ0n) is 14.2. The molecule has 1 heterocycles. The number of rotatable bonds is 3. The number of anilines is 1. The van der Waals surface area contributed by atoms with Crippen LogP contribution in [0.3, 0.4) is 0 Å². The second-order valence-electron chi connectivity index (χ2n) is 6.52. The largest absolute Gasteiger partial charge is 0.391 e. The molecule has 2 N–H and O–H groups in total. The molecule has 2 aromatic rings. The highest BCUT2D eigenvalue weighted by Crippen LogP contribution is 2.44. The van der Waals surface area contributed by atoms with Crippen molar-refractivity contribution in [1.29, 1.82) is 0 Å². The summed E-state index contributed by atoms with van der Waals surface area (Å²) in [5.41, 5.74) is 1.27. The van der Waals surface area contributed by atoms with Crippen LogP contribution in [0.2, 0.25) is 5.02 Å². The molecule has 0 saturated heterocycles. The van der Waals surface area contributed by atoms with E-state index in [9.17, 15) is 18.0 Å². The minimum Gasteiger partial charge on any atom is -0.359 e. The molecule has 0 spiro atoms. The third-order valence-electron chi connectivity index (χ3n) is 4.89. The van der Waals surface area contributed by atoms with E-state index in [-0.39, 0.29) is 24.3 Å². The summed E-state index contributed by atoms with van der Waals surface area (Å²) in [6.07, 6.45) is -3.36. The summed E-state index contributed by atoms with van der Waals surface area (Å²) in [7, 11) is 1.63. The number of aromatic nitrogens is 2. The van der Waals surface area contributed by atoms with Gasteiger partial charge in [0.1, 0.15) is 0 Å². The zero-order chi connectivity index (χ0) is 18.9. The van der Waals surface area contributed by atoms with Gasteiger partial charge in [-0.25, -0.2) is 4.98 Å². The molecule has 1 saturated carbocycles. The summed E-state index contributed by atoms with van der Waals surface area (Å²) >= 11 is 5.92. The molecule has 3 rings (SSSR count). The number of H-pyrrole nitrogens is 1. The van der Waals surface area contributed by atoms with Gasteiger partial charge in [-0.1, -0.05) is 23.7 Å². The van der Waals surface area contributed by atoms with E-state index in [0.29, 0.717) is 40.6 Å². The molecule has 0 radical (unpaired) electrons. The normalized spacial score (nSPS) is 20.8. The van der Waals surface area contributed by atoms with Gasteiger partial charge in [0.2, 0.25) is 5.95 Å². The topological polar surface area (TPSA) is 57.8 Å². The number of benzene rings is 1. The van der Waals surface area contributed by atoms with Gasteiger partial charge in [0.05, 0.1) is 17.2 Å². The first-order valence-corrected chi connectivity index (χ1v) is 8.82. The number of halogens is 4. The number of hydrogen-bond acceptors (Lipinski definition) is 3. The molecular formula is C18H19ClF3N3O. The van der Waals surface area contributed by atoms with E-state index in [1.807, 2.05) is 0 Å². The summed E-state index contributed by atoms with van der Waals surface area (Å²) in [6, 6.07) is 6.79. The second kappa shape index (κ2) is 7.31. The molecule has 0 unspecified atom stereocenters. The third-order valence-corrected chi connectivity index (χ3v) is 5.15. The molecule has 140 valence electrons. The quantitative estimate of drug-likeness (QED) is 0.784. The lowest BCUT2D eigenvalue weighted by atomic mass is 9.78. The highest BCUT2D eigenvalue weighted by atomic mass is 35.5. The highest BCUT2D eigenvalue weighted by Gasteiger charge is 2.42. The Balaban J connectivity index is 1.99. The van der Waals surface area contributed by atoms with Gasteiger partial charge in [0.15, 0.2) is 0 Å². The molecule has 1 aliphatic rings. The van der Waals surface area contributed by atoms with Crippen molar-refractivity contribution in [2.75, 3.05) is 12.4 Å². The monoisotopic (exact) mass is 385 g/mol. The fraction of sp³-hybridized carbons (Fsp3) is 0.444. The fourth-order valence-electron chi connectivity index (χ4n) is 3.49. The maximum atomic E-state index is 12.9. The molecule has 0 atom stereocenters. The first kappa shape index (κ1) is 18.8. The Morgan fingerprint density at radius 1 is 1.15 bits per heavy atom. The van der Waals surface area contributed by atoms with E-state index < -0.39 is 12.1 Å². The van der Waals surface area contributed by atoms with Gasteiger partial charge in [-0.3, -0.25) is 9.78 Å². The predicted octanol–water partition coefficient (Wildman–Crippen LogP) is 4.97. The summed E-state index contributed by atoms with van der Waals surface area (Å²) < 4.78 is 38.8. The van der Waals surface area contributed by atoms with Crippen molar-refractivity contribution in [1.82, 2.24) is 9.97 Å². The molecule has 26 heavy (non-hydrogen) atoms. The van der Waals surface area contributed by atoms with Crippen molar-refractivity contribution in [3.05, 3.63) is 45.3 Å². The Hall–Kier alpha value is -2.02. The zero-order valence-corrected chi connectivity index (χ0v) is 14.9. The smallest absolute Gasteiger partial charge is 0.359 e. The molecular weight excluding hydrogens is 367 g/mol. The van der Waals surface area contributed by atoms with Crippen LogP contribution >= 0.6 is 11.6 Å². The molecule has 1 aliphatic carbocycles. The van der Waals surface area contributed by atoms with E-state index in [1.165, 1.54) is 0 Å². The molecule has 0 amide bonds. The number of hydrogen-bond donors (Lipinski definition) is 2. The van der Waals surface area contributed by atoms with E-state index in [0.717, 1.165) is 0 Å². The van der Waals surface area contributed by atoms with Crippen molar-refractivity contribution < 1.29 is 13.2 Å². The number of alkyl halides is 3. The van der Waals surface area contributed by atoms with Crippen molar-refractivity contribution in [2.45, 2.75) is 37.8 Å². The Labute approximate surface area is 153 Å². The average molecular weight is 386 g/mol. The van der Waals surface area contributed by atoms with Crippen LogP contribution in [0.5, 0.6) is 0 Å². The second-order valence-corrected chi connectivity index (χ2v) is 6.96. The van der Waals surface area contributed by atoms with Crippen LogP contribution in [0.1, 0.15) is 37.3 Å². The van der Waals surface area contributed by atoms with Crippen LogP contribution in [-0.4, -0.2) is 23.2 Å². The van der Waals surface area contributed by atoms with Crippen LogP contribution < -0.4 is 10.9 Å². The van der Waals surface area contributed by atoms with E-state index in [2.05, 4.69) is 15.3 Å². The van der Waals surface area contributed by atoms with Crippen molar-refractivity contribution in [3.63, 3.8) is 0 Å². The van der Waals surface area contributed by atoms with E-state index >= 15 is 0 Å². The lowest BCUT2D eigenvalue weighted by Gasteiger charge is -2.30. The van der Waals surface area contributed by atoms with Crippen molar-refractivity contribution >= 4 is 17.5 Å². The minimum absolute atomic E-state index is 0.0532. The number of aromatic amines is 1. The number of nitrogens with one attached hydrogen (secondary N) is 2. The van der Waals surface area contributed by atoms with Gasteiger partial charge < -0.3 is 5.32 Å². The Bertz CT molecular complexity index is 825. The van der Waals surface area contributed by atoms with Crippen LogP contribution in [0, 0.1) is 5.92 Å². The Morgan fingerprint density at radius 2 is 1.77 bits per heavy atom. The standard InChI is InChI=1S/C18H19ClF3N3O/c1-23-17-24-15(11-2-6-12(7-3-11)18(20,21)22)14(16(26)25-17)10-4-8-13(19)9-5-10/h4-5,8-9,11-12H,2-3,6-7H2,1H3,(H2,23,24,25,26)/t11-,12+. The average Bonchev–Trinajstić information content (AvgIpc) is 2.61. The fourth-order valence-corrected chi connectivity index (χ4v) is 3.62. The molecule has 4 nitrogen and oxygen atoms in total. The van der Waals surface area contributed by atoms with Crippen LogP contribution in [0.25, 0.3) is 11.1 Å². The minimum atomic E-state index is -4.16. The molecule has 0 bridgehead atoms. The van der Waals surface area contributed by atoms with Crippen LogP contribution in [0.4, 0.5) is 19.1 Å².